The number of ether oxygens (including phenoxy) is 2. The summed E-state index contributed by atoms with van der Waals surface area (Å²) >= 11 is 7.17. The van der Waals surface area contributed by atoms with Crippen molar-refractivity contribution in [1.82, 2.24) is 10.2 Å². The summed E-state index contributed by atoms with van der Waals surface area (Å²) in [7, 11) is 1.54. The van der Waals surface area contributed by atoms with Crippen molar-refractivity contribution in [2.75, 3.05) is 13.7 Å². The zero-order chi connectivity index (χ0) is 19.4. The molecule has 1 aromatic rings. The van der Waals surface area contributed by atoms with Gasteiger partial charge in [0.2, 0.25) is 0 Å². The summed E-state index contributed by atoms with van der Waals surface area (Å²) in [6, 6.07) is 3.54. The highest BCUT2D eigenvalue weighted by atomic mass is 127. The fourth-order valence-corrected chi connectivity index (χ4v) is 3.33. The van der Waals surface area contributed by atoms with E-state index in [1.54, 1.807) is 12.1 Å². The van der Waals surface area contributed by atoms with E-state index in [0.29, 0.717) is 17.1 Å². The van der Waals surface area contributed by atoms with Gasteiger partial charge in [-0.3, -0.25) is 19.8 Å². The number of methoxy groups -OCH3 is 1. The van der Waals surface area contributed by atoms with E-state index in [4.69, 9.17) is 21.7 Å². The first-order valence-corrected chi connectivity index (χ1v) is 9.31. The van der Waals surface area contributed by atoms with Gasteiger partial charge in [-0.05, 0) is 72.4 Å². The molecular formula is C18H19IN2O4S. The number of benzene rings is 1. The van der Waals surface area contributed by atoms with Crippen LogP contribution in [0.1, 0.15) is 19.4 Å². The van der Waals surface area contributed by atoms with E-state index in [0.717, 1.165) is 3.57 Å². The Morgan fingerprint density at radius 1 is 1.38 bits per heavy atom. The second-order valence-electron chi connectivity index (χ2n) is 5.72. The lowest BCUT2D eigenvalue weighted by molar-refractivity contribution is -0.128. The zero-order valence-electron chi connectivity index (χ0n) is 14.7. The van der Waals surface area contributed by atoms with E-state index in [1.807, 2.05) is 19.9 Å². The standard InChI is InChI=1S/C18H19IN2O4S/c1-5-6-21-17(23)12(16(22)20-18(21)26)7-11-8-13(19)15(25-10(2)3)14(9-11)24-4/h5,7-10H,1,6H2,2-4H3,(H,20,22,26)/b12-7+. The summed E-state index contributed by atoms with van der Waals surface area (Å²) in [5.74, 6) is 0.158. The van der Waals surface area contributed by atoms with Gasteiger partial charge < -0.3 is 9.47 Å². The molecule has 1 saturated heterocycles. The van der Waals surface area contributed by atoms with Crippen LogP contribution in [0.5, 0.6) is 11.5 Å². The van der Waals surface area contributed by atoms with Crippen molar-refractivity contribution in [3.63, 3.8) is 0 Å². The third-order valence-corrected chi connectivity index (χ3v) is 4.54. The molecule has 2 amide bonds. The van der Waals surface area contributed by atoms with Gasteiger partial charge in [0.25, 0.3) is 11.8 Å². The minimum Gasteiger partial charge on any atom is -0.493 e. The average molecular weight is 486 g/mol. The van der Waals surface area contributed by atoms with Crippen LogP contribution in [0.4, 0.5) is 0 Å². The number of nitrogens with zero attached hydrogens (tertiary/aromatic N) is 1. The van der Waals surface area contributed by atoms with Crippen LogP contribution >= 0.6 is 34.8 Å². The van der Waals surface area contributed by atoms with Crippen LogP contribution in [0.15, 0.2) is 30.4 Å². The number of halogens is 1. The van der Waals surface area contributed by atoms with Gasteiger partial charge in [0.05, 0.1) is 16.8 Å². The van der Waals surface area contributed by atoms with Crippen LogP contribution in [0.25, 0.3) is 6.08 Å². The average Bonchev–Trinajstić information content (AvgIpc) is 2.57. The molecule has 0 atom stereocenters. The molecule has 1 aromatic carbocycles. The van der Waals surface area contributed by atoms with Crippen LogP contribution < -0.4 is 14.8 Å². The van der Waals surface area contributed by atoms with E-state index in [9.17, 15) is 9.59 Å². The number of carbonyl (C=O) groups is 2. The number of rotatable bonds is 6. The van der Waals surface area contributed by atoms with Gasteiger partial charge in [-0.1, -0.05) is 6.08 Å². The van der Waals surface area contributed by atoms with Crippen LogP contribution in [-0.4, -0.2) is 41.6 Å². The Kier molecular flexibility index (Phi) is 6.76. The molecule has 0 bridgehead atoms. The molecule has 8 heteroatoms. The molecule has 1 aliphatic heterocycles. The fraction of sp³-hybridized carbons (Fsp3) is 0.278. The van der Waals surface area contributed by atoms with Crippen molar-refractivity contribution in [3.05, 3.63) is 39.5 Å². The molecule has 1 fully saturated rings. The van der Waals surface area contributed by atoms with Gasteiger partial charge in [-0.2, -0.15) is 0 Å². The lowest BCUT2D eigenvalue weighted by Crippen LogP contribution is -2.53. The van der Waals surface area contributed by atoms with Crippen LogP contribution in [0.2, 0.25) is 0 Å². The first-order chi connectivity index (χ1) is 12.3. The van der Waals surface area contributed by atoms with Crippen molar-refractivity contribution in [1.29, 1.82) is 0 Å². The second-order valence-corrected chi connectivity index (χ2v) is 7.27. The minimum atomic E-state index is -0.531. The van der Waals surface area contributed by atoms with Crippen molar-refractivity contribution >= 4 is 57.8 Å². The van der Waals surface area contributed by atoms with E-state index in [1.165, 1.54) is 18.1 Å². The smallest absolute Gasteiger partial charge is 0.265 e. The van der Waals surface area contributed by atoms with Crippen LogP contribution in [0.3, 0.4) is 0 Å². The number of hydrogen-bond acceptors (Lipinski definition) is 5. The molecule has 1 N–H and O–H groups in total. The summed E-state index contributed by atoms with van der Waals surface area (Å²) in [5.41, 5.74) is 0.642. The van der Waals surface area contributed by atoms with Crippen LogP contribution in [-0.2, 0) is 9.59 Å². The number of thiocarbonyl (C=S) groups is 1. The quantitative estimate of drug-likeness (QED) is 0.220. The summed E-state index contributed by atoms with van der Waals surface area (Å²) < 4.78 is 12.0. The SMILES string of the molecule is C=CCN1C(=O)/C(=C/c2cc(I)c(OC(C)C)c(OC)c2)C(=O)NC1=S. The molecule has 0 aromatic heterocycles. The molecule has 0 aliphatic carbocycles. The third-order valence-electron chi connectivity index (χ3n) is 3.41. The molecule has 0 saturated carbocycles. The highest BCUT2D eigenvalue weighted by Crippen LogP contribution is 2.35. The molecule has 6 nitrogen and oxygen atoms in total. The number of amides is 2. The molecule has 0 unspecified atom stereocenters. The van der Waals surface area contributed by atoms with E-state index >= 15 is 0 Å². The molecule has 1 aliphatic rings. The fourth-order valence-electron chi connectivity index (χ4n) is 2.33. The normalized spacial score (nSPS) is 16.1. The highest BCUT2D eigenvalue weighted by Gasteiger charge is 2.32. The van der Waals surface area contributed by atoms with Crippen molar-refractivity contribution < 1.29 is 19.1 Å². The monoisotopic (exact) mass is 486 g/mol. The van der Waals surface area contributed by atoms with Gasteiger partial charge >= 0.3 is 0 Å². The molecule has 1 heterocycles. The largest absolute Gasteiger partial charge is 0.493 e. The maximum atomic E-state index is 12.6. The number of nitrogens with one attached hydrogen (secondary N) is 1. The van der Waals surface area contributed by atoms with Gasteiger partial charge in [0.15, 0.2) is 16.6 Å². The topological polar surface area (TPSA) is 67.9 Å². The summed E-state index contributed by atoms with van der Waals surface area (Å²) in [5, 5.41) is 2.59. The first kappa shape index (κ1) is 20.4. The minimum absolute atomic E-state index is 0.00386. The lowest BCUT2D eigenvalue weighted by atomic mass is 10.1. The number of carbonyl (C=O) groups excluding carboxylic acids is 2. The number of hydrogen-bond donors (Lipinski definition) is 1. The van der Waals surface area contributed by atoms with Crippen molar-refractivity contribution in [2.24, 2.45) is 0 Å². The first-order valence-electron chi connectivity index (χ1n) is 7.82. The van der Waals surface area contributed by atoms with E-state index in [-0.39, 0.29) is 23.3 Å². The molecule has 138 valence electrons. The Labute approximate surface area is 171 Å². The van der Waals surface area contributed by atoms with E-state index in [2.05, 4.69) is 34.5 Å². The Morgan fingerprint density at radius 3 is 2.65 bits per heavy atom. The Bertz CT molecular complexity index is 805. The van der Waals surface area contributed by atoms with Gasteiger partial charge in [-0.15, -0.1) is 6.58 Å². The second kappa shape index (κ2) is 8.63. The summed E-state index contributed by atoms with van der Waals surface area (Å²) in [6.45, 7) is 7.67. The Morgan fingerprint density at radius 2 is 2.08 bits per heavy atom. The maximum absolute atomic E-state index is 12.6. The van der Waals surface area contributed by atoms with Crippen molar-refractivity contribution in [3.8, 4) is 11.5 Å². The predicted octanol–water partition coefficient (Wildman–Crippen LogP) is 2.90. The molecule has 2 rings (SSSR count). The van der Waals surface area contributed by atoms with Crippen LogP contribution in [0, 0.1) is 3.57 Å². The van der Waals surface area contributed by atoms with Gasteiger partial charge in [0, 0.05) is 6.54 Å². The Hall–Kier alpha value is -1.94. The van der Waals surface area contributed by atoms with Gasteiger partial charge in [0.1, 0.15) is 5.57 Å². The Balaban J connectivity index is 2.46. The maximum Gasteiger partial charge on any atom is 0.265 e. The summed E-state index contributed by atoms with van der Waals surface area (Å²) in [4.78, 5) is 26.1. The predicted molar refractivity (Wildman–Crippen MR) is 112 cm³/mol. The van der Waals surface area contributed by atoms with Crippen molar-refractivity contribution in [2.45, 2.75) is 20.0 Å². The summed E-state index contributed by atoms with van der Waals surface area (Å²) in [6.07, 6.45) is 3.05. The van der Waals surface area contributed by atoms with Gasteiger partial charge in [-0.25, -0.2) is 0 Å². The zero-order valence-corrected chi connectivity index (χ0v) is 17.6. The molecule has 0 spiro atoms. The lowest BCUT2D eigenvalue weighted by Gasteiger charge is -2.27. The third kappa shape index (κ3) is 4.42. The van der Waals surface area contributed by atoms with E-state index < -0.39 is 11.8 Å². The molecular weight excluding hydrogens is 467 g/mol. The highest BCUT2D eigenvalue weighted by molar-refractivity contribution is 14.1. The molecule has 26 heavy (non-hydrogen) atoms. The molecule has 0 radical (unpaired) electrons.